The van der Waals surface area contributed by atoms with E-state index < -0.39 is 17.3 Å². The van der Waals surface area contributed by atoms with Crippen LogP contribution in [-0.2, 0) is 0 Å². The molecule has 15 fully saturated rings. The zero-order valence-corrected chi connectivity index (χ0v) is 76.5. The molecule has 0 heterocycles. The Balaban J connectivity index is 0.000000239. The van der Waals surface area contributed by atoms with Gasteiger partial charge in [-0.15, -0.1) is 92.8 Å². The summed E-state index contributed by atoms with van der Waals surface area (Å²) in [5.74, 6) is 28.2. The van der Waals surface area contributed by atoms with Crippen LogP contribution in [0.4, 0.5) is 0 Å². The molecule has 8 heteroatoms. The molecule has 0 amide bonds. The van der Waals surface area contributed by atoms with Crippen molar-refractivity contribution in [3.05, 3.63) is 0 Å². The largest absolute Gasteiger partial charge is 0.112 e. The van der Waals surface area contributed by atoms with Gasteiger partial charge in [0, 0.05) is 0 Å². The standard InChI is InChI=1S/3C14H24.C10H18.C10H20.C7H14.2C6H12.4C3H6Cl2/c3*1-10-8-12-7-6-11-4-2-3-5-13(11)14(12)9-10;1-8-6-9-4-2-3-5-10(9)7-8;1-6-7(2)9(4)10(5)8(6)3;1-2-7-5-3-4-6-7;2*1-6-4-2-3-5-6;4*1-3(2,4)5/h3*10-14H,2-9H2,1H3;8-10H,2-7H2,1H3;6-10H,1-5H3;7H,2-6H2,1H3;2*6H,2-5H2,1H3;4*1-2H3. The summed E-state index contributed by atoms with van der Waals surface area (Å²) >= 11 is 42.4. The first-order valence-electron chi connectivity index (χ1n) is 44.7. The van der Waals surface area contributed by atoms with E-state index in [4.69, 9.17) is 92.8 Å². The van der Waals surface area contributed by atoms with E-state index in [9.17, 15) is 0 Å². The van der Waals surface area contributed by atoms with Crippen LogP contribution in [-0.4, -0.2) is 17.3 Å². The number of hydrogen-bond donors (Lipinski definition) is 0. The first-order valence-corrected chi connectivity index (χ1v) is 47.7. The lowest BCUT2D eigenvalue weighted by atomic mass is 9.62. The van der Waals surface area contributed by atoms with Crippen molar-refractivity contribution < 1.29 is 0 Å². The Morgan fingerprint density at radius 3 is 0.584 bits per heavy atom. The Kier molecular flexibility index (Phi) is 45.9. The first-order chi connectivity index (χ1) is 47.2. The topological polar surface area (TPSA) is 0 Å². The highest BCUT2D eigenvalue weighted by molar-refractivity contribution is 6.48. The van der Waals surface area contributed by atoms with Gasteiger partial charge in [-0.05, 0) is 318 Å². The molecule has 17 unspecified atom stereocenters. The maximum absolute atomic E-state index is 5.30. The molecule has 0 saturated heterocycles. The minimum atomic E-state index is -0.556. The highest BCUT2D eigenvalue weighted by Crippen LogP contribution is 2.57. The molecule has 0 nitrogen and oxygen atoms in total. The number of rotatable bonds is 1. The fourth-order valence-corrected chi connectivity index (χ4v) is 23.8. The Hall–Kier alpha value is 2.32. The SMILES string of the molecule is CC(C)(Cl)Cl.CC(C)(Cl)Cl.CC(C)(Cl)Cl.CC(C)(Cl)Cl.CC1C(C)C(C)C(C)C1C.CC1CC2CCC3CCCCC3C2C1.CC1CC2CCC3CCCCC3C2C1.CC1CC2CCC3CCCCC3C2C1.CC1CC2CCCCC2C1.CC1CCCC1.CC1CCCC1.CCC1CCCC1. The van der Waals surface area contributed by atoms with E-state index in [0.717, 1.165) is 154 Å². The smallest absolute Gasteiger partial charge is 0.102 e. The second-order valence-electron chi connectivity index (χ2n) is 40.2. The predicted molar refractivity (Wildman–Crippen MR) is 460 cm³/mol. The molecule has 0 aromatic heterocycles. The molecule has 15 rings (SSSR count). The fraction of sp³-hybridized carbons (Fsp3) is 1.00. The summed E-state index contributed by atoms with van der Waals surface area (Å²) in [5.41, 5.74) is 0. The summed E-state index contributed by atoms with van der Waals surface area (Å²) in [6.45, 7) is 42.6. The van der Waals surface area contributed by atoms with E-state index >= 15 is 0 Å². The van der Waals surface area contributed by atoms with E-state index in [1.54, 1.807) is 216 Å². The lowest BCUT2D eigenvalue weighted by Crippen LogP contribution is -2.33. The molecular weight excluding hydrogens is 1400 g/mol. The summed E-state index contributed by atoms with van der Waals surface area (Å²) in [6.07, 6.45) is 66.2. The van der Waals surface area contributed by atoms with Crippen molar-refractivity contribution in [2.45, 2.75) is 432 Å². The van der Waals surface area contributed by atoms with Crippen molar-refractivity contribution in [1.82, 2.24) is 0 Å². The van der Waals surface area contributed by atoms with Gasteiger partial charge in [-0.3, -0.25) is 0 Å². The van der Waals surface area contributed by atoms with Gasteiger partial charge in [0.25, 0.3) is 0 Å². The normalized spacial score (nSPS) is 39.0. The van der Waals surface area contributed by atoms with E-state index in [1.807, 2.05) is 0 Å². The monoisotopic (exact) mass is 1570 g/mol. The lowest BCUT2D eigenvalue weighted by Gasteiger charge is -2.43. The summed E-state index contributed by atoms with van der Waals surface area (Å²) in [4.78, 5) is 0. The third-order valence-electron chi connectivity index (χ3n) is 29.2. The van der Waals surface area contributed by atoms with Gasteiger partial charge in [-0.25, -0.2) is 0 Å². The van der Waals surface area contributed by atoms with E-state index in [0.29, 0.717) is 0 Å². The molecule has 0 radical (unpaired) electrons. The molecule has 15 saturated carbocycles. The number of halogens is 8. The Morgan fingerprint density at radius 2 is 0.376 bits per heavy atom. The van der Waals surface area contributed by atoms with Crippen molar-refractivity contribution in [1.29, 1.82) is 0 Å². The van der Waals surface area contributed by atoms with Crippen LogP contribution in [0.5, 0.6) is 0 Å². The molecule has 0 spiro atoms. The maximum atomic E-state index is 5.30. The average Bonchev–Trinajstić information content (AvgIpc) is 1.72. The Labute approximate surface area is 673 Å². The third kappa shape index (κ3) is 40.1. The minimum Gasteiger partial charge on any atom is -0.102 e. The second kappa shape index (κ2) is 48.4. The molecule has 15 aliphatic carbocycles. The van der Waals surface area contributed by atoms with Crippen LogP contribution in [0.3, 0.4) is 0 Å². The van der Waals surface area contributed by atoms with Crippen LogP contribution in [0.2, 0.25) is 0 Å². The van der Waals surface area contributed by atoms with Crippen LogP contribution < -0.4 is 0 Å². The molecule has 0 aliphatic heterocycles. The maximum Gasteiger partial charge on any atom is 0.112 e. The van der Waals surface area contributed by atoms with Crippen molar-refractivity contribution >= 4 is 92.8 Å². The number of alkyl halides is 8. The van der Waals surface area contributed by atoms with Crippen LogP contribution >= 0.6 is 92.8 Å². The first kappa shape index (κ1) is 95.7. The summed E-state index contributed by atoms with van der Waals surface area (Å²) in [5, 5.41) is 0. The highest BCUT2D eigenvalue weighted by Gasteiger charge is 2.47. The van der Waals surface area contributed by atoms with Crippen LogP contribution in [0, 0.1) is 154 Å². The van der Waals surface area contributed by atoms with Crippen LogP contribution in [0.25, 0.3) is 0 Å². The molecule has 0 aromatic carbocycles. The summed E-state index contributed by atoms with van der Waals surface area (Å²) in [7, 11) is 0. The molecule has 0 bridgehead atoms. The van der Waals surface area contributed by atoms with E-state index in [1.165, 1.54) is 116 Å². The lowest BCUT2D eigenvalue weighted by molar-refractivity contribution is 0.0726. The third-order valence-corrected chi connectivity index (χ3v) is 29.2. The Morgan fingerprint density at radius 1 is 0.198 bits per heavy atom. The minimum absolute atomic E-state index is 0.556. The molecular formula is C93H172Cl8. The van der Waals surface area contributed by atoms with E-state index in [2.05, 4.69) is 83.1 Å². The van der Waals surface area contributed by atoms with Crippen molar-refractivity contribution in [3.8, 4) is 0 Å². The molecule has 17 atom stereocenters. The average molecular weight is 1570 g/mol. The second-order valence-corrected chi connectivity index (χ2v) is 48.5. The van der Waals surface area contributed by atoms with Crippen molar-refractivity contribution in [2.75, 3.05) is 0 Å². The number of hydrogen-bond acceptors (Lipinski definition) is 0. The van der Waals surface area contributed by atoms with Gasteiger partial charge in [0.2, 0.25) is 0 Å². The van der Waals surface area contributed by atoms with Crippen molar-refractivity contribution in [3.63, 3.8) is 0 Å². The molecule has 0 N–H and O–H groups in total. The quantitative estimate of drug-likeness (QED) is 0.230. The fourth-order valence-electron chi connectivity index (χ4n) is 23.8. The van der Waals surface area contributed by atoms with Crippen LogP contribution in [0.1, 0.15) is 415 Å². The zero-order valence-electron chi connectivity index (χ0n) is 70.4. The van der Waals surface area contributed by atoms with Gasteiger partial charge in [0.1, 0.15) is 17.3 Å². The van der Waals surface area contributed by atoms with Crippen LogP contribution in [0.15, 0.2) is 0 Å². The molecule has 101 heavy (non-hydrogen) atoms. The highest BCUT2D eigenvalue weighted by atomic mass is 35.5. The van der Waals surface area contributed by atoms with Gasteiger partial charge in [-0.1, -0.05) is 250 Å². The van der Waals surface area contributed by atoms with Crippen molar-refractivity contribution in [2.24, 2.45) is 154 Å². The van der Waals surface area contributed by atoms with Gasteiger partial charge >= 0.3 is 0 Å². The molecule has 15 aliphatic rings. The predicted octanol–water partition coefficient (Wildman–Crippen LogP) is 34.9. The van der Waals surface area contributed by atoms with Gasteiger partial charge in [-0.2, -0.15) is 0 Å². The molecule has 0 aromatic rings. The summed E-state index contributed by atoms with van der Waals surface area (Å²) in [6, 6.07) is 0. The van der Waals surface area contributed by atoms with Gasteiger partial charge in [0.15, 0.2) is 0 Å². The van der Waals surface area contributed by atoms with Gasteiger partial charge < -0.3 is 0 Å². The molecule has 600 valence electrons. The van der Waals surface area contributed by atoms with E-state index in [-0.39, 0.29) is 0 Å². The number of fused-ring (bicyclic) bond motifs is 10. The Bertz CT molecular complexity index is 1790. The summed E-state index contributed by atoms with van der Waals surface area (Å²) < 4.78 is -2.22. The van der Waals surface area contributed by atoms with Gasteiger partial charge in [0.05, 0.1) is 0 Å². The zero-order chi connectivity index (χ0) is 75.4.